The Morgan fingerprint density at radius 1 is 1.07 bits per heavy atom. The van der Waals surface area contributed by atoms with Gasteiger partial charge in [-0.05, 0) is 52.6 Å². The monoisotopic (exact) mass is 425 g/mol. The van der Waals surface area contributed by atoms with E-state index < -0.39 is 0 Å². The topological polar surface area (TPSA) is 83.5 Å². The van der Waals surface area contributed by atoms with Crippen molar-refractivity contribution in [1.29, 1.82) is 0 Å². The van der Waals surface area contributed by atoms with Gasteiger partial charge in [0.25, 0.3) is 0 Å². The van der Waals surface area contributed by atoms with Crippen LogP contribution in [0, 0.1) is 0 Å². The fraction of sp³-hybridized carbons (Fsp3) is 0.250. The van der Waals surface area contributed by atoms with Crippen LogP contribution in [-0.4, -0.2) is 43.7 Å². The van der Waals surface area contributed by atoms with E-state index in [-0.39, 0.29) is 5.92 Å². The van der Waals surface area contributed by atoms with Crippen molar-refractivity contribution in [2.75, 3.05) is 18.0 Å². The highest BCUT2D eigenvalue weighted by Gasteiger charge is 2.26. The first kappa shape index (κ1) is 18.3. The van der Waals surface area contributed by atoms with Crippen molar-refractivity contribution in [3.05, 3.63) is 58.6 Å². The number of tetrazole rings is 1. The third-order valence-electron chi connectivity index (χ3n) is 5.34. The molecule has 146 valence electrons. The molecule has 1 aliphatic heterocycles. The van der Waals surface area contributed by atoms with Gasteiger partial charge in [-0.1, -0.05) is 41.4 Å². The lowest BCUT2D eigenvalue weighted by molar-refractivity contribution is 0.490. The minimum absolute atomic E-state index is 0.237. The Hall–Kier alpha value is -2.77. The zero-order valence-corrected chi connectivity index (χ0v) is 16.9. The van der Waals surface area contributed by atoms with Gasteiger partial charge in [-0.2, -0.15) is 0 Å². The van der Waals surface area contributed by atoms with E-state index in [2.05, 4.69) is 41.6 Å². The van der Waals surface area contributed by atoms with Crippen LogP contribution in [-0.2, 0) is 0 Å². The highest BCUT2D eigenvalue weighted by molar-refractivity contribution is 6.42. The largest absolute Gasteiger partial charge is 0.355 e. The maximum Gasteiger partial charge on any atom is 0.153 e. The minimum atomic E-state index is 0.237. The molecule has 4 aromatic rings. The van der Waals surface area contributed by atoms with E-state index in [1.54, 1.807) is 6.33 Å². The predicted molar refractivity (Wildman–Crippen MR) is 113 cm³/mol. The average molecular weight is 426 g/mol. The van der Waals surface area contributed by atoms with Gasteiger partial charge in [0.2, 0.25) is 0 Å². The molecule has 2 aromatic carbocycles. The summed E-state index contributed by atoms with van der Waals surface area (Å²) < 4.78 is 0. The summed E-state index contributed by atoms with van der Waals surface area (Å²) in [7, 11) is 0. The summed E-state index contributed by atoms with van der Waals surface area (Å²) in [5.41, 5.74) is 2.90. The van der Waals surface area contributed by atoms with E-state index in [9.17, 15) is 0 Å². The Morgan fingerprint density at radius 3 is 2.83 bits per heavy atom. The summed E-state index contributed by atoms with van der Waals surface area (Å²) in [6, 6.07) is 11.7. The number of H-pyrrole nitrogens is 1. The number of rotatable bonds is 3. The maximum atomic E-state index is 6.28. The van der Waals surface area contributed by atoms with Crippen LogP contribution >= 0.6 is 23.2 Å². The third-order valence-corrected chi connectivity index (χ3v) is 6.08. The van der Waals surface area contributed by atoms with Gasteiger partial charge in [0.05, 0.1) is 20.9 Å². The molecule has 7 nitrogen and oxygen atoms in total. The lowest BCUT2D eigenvalue weighted by Gasteiger charge is -2.33. The molecule has 1 fully saturated rings. The molecule has 0 unspecified atom stereocenters. The van der Waals surface area contributed by atoms with Crippen molar-refractivity contribution in [2.24, 2.45) is 0 Å². The van der Waals surface area contributed by atoms with E-state index in [1.807, 2.05) is 30.3 Å². The second-order valence-electron chi connectivity index (χ2n) is 7.10. The molecule has 0 bridgehead atoms. The van der Waals surface area contributed by atoms with Gasteiger partial charge in [0.1, 0.15) is 12.1 Å². The van der Waals surface area contributed by atoms with Crippen LogP contribution in [0.5, 0.6) is 0 Å². The maximum absolute atomic E-state index is 6.28. The first-order valence-electron chi connectivity index (χ1n) is 9.38. The third kappa shape index (κ3) is 3.41. The number of fused-ring (bicyclic) bond motifs is 1. The number of piperidine rings is 1. The highest BCUT2D eigenvalue weighted by atomic mass is 35.5. The molecule has 0 aliphatic carbocycles. The molecule has 0 spiro atoms. The Bertz CT molecular complexity index is 1160. The van der Waals surface area contributed by atoms with Crippen molar-refractivity contribution in [3.8, 4) is 11.1 Å². The minimum Gasteiger partial charge on any atom is -0.355 e. The molecule has 2 aromatic heterocycles. The fourth-order valence-corrected chi connectivity index (χ4v) is 4.27. The Labute approximate surface area is 177 Å². The molecule has 29 heavy (non-hydrogen) atoms. The smallest absolute Gasteiger partial charge is 0.153 e. The standard InChI is InChI=1S/C20H17Cl2N7/c21-15-7-6-12(9-16(15)22)14-4-1-5-17-18(14)20(24-11-23-17)29-8-2-3-13(10-29)19-25-27-28-26-19/h1,4-7,9,11,13H,2-3,8,10H2,(H,25,26,27,28)/t13-/m0/s1. The van der Waals surface area contributed by atoms with Crippen molar-refractivity contribution < 1.29 is 0 Å². The molecule has 0 saturated carbocycles. The molecule has 0 radical (unpaired) electrons. The summed E-state index contributed by atoms with van der Waals surface area (Å²) in [6.07, 6.45) is 3.69. The van der Waals surface area contributed by atoms with Crippen molar-refractivity contribution in [2.45, 2.75) is 18.8 Å². The van der Waals surface area contributed by atoms with Crippen molar-refractivity contribution >= 4 is 39.9 Å². The van der Waals surface area contributed by atoms with E-state index >= 15 is 0 Å². The number of anilines is 1. The second kappa shape index (κ2) is 7.57. The number of nitrogens with one attached hydrogen (secondary N) is 1. The normalized spacial score (nSPS) is 17.0. The summed E-state index contributed by atoms with van der Waals surface area (Å²) >= 11 is 12.4. The van der Waals surface area contributed by atoms with E-state index in [0.717, 1.165) is 59.6 Å². The number of halogens is 2. The van der Waals surface area contributed by atoms with Crippen LogP contribution in [0.2, 0.25) is 10.0 Å². The van der Waals surface area contributed by atoms with Crippen molar-refractivity contribution in [1.82, 2.24) is 30.6 Å². The van der Waals surface area contributed by atoms with Gasteiger partial charge in [-0.3, -0.25) is 0 Å². The quantitative estimate of drug-likeness (QED) is 0.519. The molecule has 1 aliphatic rings. The number of aromatic amines is 1. The molecule has 5 rings (SSSR count). The van der Waals surface area contributed by atoms with Crippen LogP contribution in [0.4, 0.5) is 5.82 Å². The Morgan fingerprint density at radius 2 is 2.00 bits per heavy atom. The summed E-state index contributed by atoms with van der Waals surface area (Å²) in [5, 5.41) is 16.5. The number of hydrogen-bond acceptors (Lipinski definition) is 6. The molecule has 1 N–H and O–H groups in total. The summed E-state index contributed by atoms with van der Waals surface area (Å²) in [6.45, 7) is 1.71. The number of aromatic nitrogens is 6. The van der Waals surface area contributed by atoms with E-state index in [4.69, 9.17) is 23.2 Å². The highest BCUT2D eigenvalue weighted by Crippen LogP contribution is 2.37. The predicted octanol–water partition coefficient (Wildman–Crippen LogP) is 4.50. The molecule has 3 heterocycles. The van der Waals surface area contributed by atoms with Crippen LogP contribution in [0.1, 0.15) is 24.6 Å². The van der Waals surface area contributed by atoms with Crippen LogP contribution in [0.3, 0.4) is 0 Å². The van der Waals surface area contributed by atoms with Gasteiger partial charge in [-0.25, -0.2) is 15.1 Å². The average Bonchev–Trinajstić information content (AvgIpc) is 3.30. The van der Waals surface area contributed by atoms with Gasteiger partial charge < -0.3 is 4.90 Å². The summed E-state index contributed by atoms with van der Waals surface area (Å²) in [5.74, 6) is 1.97. The van der Waals surface area contributed by atoms with E-state index in [1.165, 1.54) is 0 Å². The van der Waals surface area contributed by atoms with Crippen LogP contribution in [0.15, 0.2) is 42.7 Å². The first-order chi connectivity index (χ1) is 14.2. The lowest BCUT2D eigenvalue weighted by Crippen LogP contribution is -2.35. The lowest BCUT2D eigenvalue weighted by atomic mass is 9.96. The Kier molecular flexibility index (Phi) is 4.77. The second-order valence-corrected chi connectivity index (χ2v) is 7.91. The van der Waals surface area contributed by atoms with Gasteiger partial charge >= 0.3 is 0 Å². The van der Waals surface area contributed by atoms with Crippen molar-refractivity contribution in [3.63, 3.8) is 0 Å². The molecule has 1 saturated heterocycles. The fourth-order valence-electron chi connectivity index (χ4n) is 3.97. The molecule has 1 atom stereocenters. The molecular formula is C20H17Cl2N7. The SMILES string of the molecule is Clc1ccc(-c2cccc3ncnc(N4CCC[C@H](c5nnn[nH]5)C4)c23)cc1Cl. The number of hydrogen-bond donors (Lipinski definition) is 1. The number of benzene rings is 2. The van der Waals surface area contributed by atoms with Gasteiger partial charge in [0, 0.05) is 19.0 Å². The number of nitrogens with zero attached hydrogens (tertiary/aromatic N) is 6. The van der Waals surface area contributed by atoms with Gasteiger partial charge in [-0.15, -0.1) is 5.10 Å². The van der Waals surface area contributed by atoms with Crippen LogP contribution in [0.25, 0.3) is 22.0 Å². The molecule has 9 heteroatoms. The van der Waals surface area contributed by atoms with E-state index in [0.29, 0.717) is 10.0 Å². The molecular weight excluding hydrogens is 409 g/mol. The first-order valence-corrected chi connectivity index (χ1v) is 10.1. The van der Waals surface area contributed by atoms with Crippen LogP contribution < -0.4 is 4.90 Å². The zero-order chi connectivity index (χ0) is 19.8. The van der Waals surface area contributed by atoms with Gasteiger partial charge in [0.15, 0.2) is 5.82 Å². The zero-order valence-electron chi connectivity index (χ0n) is 15.4. The Balaban J connectivity index is 1.62. The summed E-state index contributed by atoms with van der Waals surface area (Å²) in [4.78, 5) is 11.5. The molecule has 0 amide bonds.